The molecule has 0 bridgehead atoms. The molecule has 224 valence electrons. The van der Waals surface area contributed by atoms with Gasteiger partial charge in [0.1, 0.15) is 5.75 Å². The van der Waals surface area contributed by atoms with Gasteiger partial charge in [0.05, 0.1) is 23.1 Å². The van der Waals surface area contributed by atoms with E-state index < -0.39 is 0 Å². The molecule has 42 heavy (non-hydrogen) atoms. The molecule has 0 spiro atoms. The van der Waals surface area contributed by atoms with E-state index in [-0.39, 0.29) is 17.7 Å². The van der Waals surface area contributed by atoms with Crippen LogP contribution in [0.1, 0.15) is 59.5 Å². The summed E-state index contributed by atoms with van der Waals surface area (Å²) in [5.74, 6) is 0.756. The number of thiazole rings is 1. The van der Waals surface area contributed by atoms with E-state index in [9.17, 15) is 14.4 Å². The summed E-state index contributed by atoms with van der Waals surface area (Å²) in [4.78, 5) is 46.8. The fourth-order valence-electron chi connectivity index (χ4n) is 4.43. The molecule has 0 unspecified atom stereocenters. The second kappa shape index (κ2) is 14.2. The monoisotopic (exact) mass is 609 g/mol. The Labute approximate surface area is 256 Å². The van der Waals surface area contributed by atoms with Crippen molar-refractivity contribution in [2.45, 2.75) is 56.3 Å². The van der Waals surface area contributed by atoms with Gasteiger partial charge in [0.15, 0.2) is 5.13 Å². The third-order valence-electron chi connectivity index (χ3n) is 7.50. The summed E-state index contributed by atoms with van der Waals surface area (Å²) in [7, 11) is 1.56. The fourth-order valence-corrected chi connectivity index (χ4v) is 6.37. The number of carbonyl (C=O) groups excluding carboxylic acids is 3. The van der Waals surface area contributed by atoms with Gasteiger partial charge in [-0.15, -0.1) is 0 Å². The van der Waals surface area contributed by atoms with E-state index in [1.54, 1.807) is 30.0 Å². The molecule has 11 heteroatoms. The normalized spacial score (nSPS) is 14.2. The minimum absolute atomic E-state index is 0.0199. The standard InChI is InChI=1S/C31H39N5O4S2/c1-19(2)21(4)32-17-23-7-9-24(10-8-23)29(38)34-31-33-18-28(42-31)41-27-16-25(26(40-6)15-20(27)3)30(39)36-13-11-35(12-14-36)22(5)37/h7-10,15-16,18-19,21,32H,11-14,17H2,1-6H3,(H,33,34,38)/t21-/m0/s1. The molecule has 1 fully saturated rings. The fraction of sp³-hybridized carbons (Fsp3) is 0.419. The summed E-state index contributed by atoms with van der Waals surface area (Å²) in [6, 6.07) is 11.7. The number of carbonyl (C=O) groups is 3. The quantitative estimate of drug-likeness (QED) is 0.321. The number of benzene rings is 2. The van der Waals surface area contributed by atoms with Crippen LogP contribution < -0.4 is 15.4 Å². The van der Waals surface area contributed by atoms with Gasteiger partial charge in [-0.3, -0.25) is 19.7 Å². The third kappa shape index (κ3) is 7.90. The lowest BCUT2D eigenvalue weighted by atomic mass is 10.1. The van der Waals surface area contributed by atoms with Gasteiger partial charge in [-0.25, -0.2) is 4.98 Å². The predicted molar refractivity (Wildman–Crippen MR) is 168 cm³/mol. The zero-order chi connectivity index (χ0) is 30.4. The Morgan fingerprint density at radius 2 is 1.71 bits per heavy atom. The molecule has 2 aromatic carbocycles. The molecule has 0 aliphatic carbocycles. The zero-order valence-electron chi connectivity index (χ0n) is 25.0. The largest absolute Gasteiger partial charge is 0.496 e. The van der Waals surface area contributed by atoms with E-state index in [2.05, 4.69) is 36.4 Å². The molecule has 3 aromatic rings. The number of ether oxygens (including phenoxy) is 1. The van der Waals surface area contributed by atoms with Crippen LogP contribution in [-0.2, 0) is 11.3 Å². The smallest absolute Gasteiger partial charge is 0.257 e. The Hall–Kier alpha value is -3.41. The Morgan fingerprint density at radius 3 is 2.33 bits per heavy atom. The van der Waals surface area contributed by atoms with Crippen LogP contribution in [0.15, 0.2) is 51.7 Å². The predicted octanol–water partition coefficient (Wildman–Crippen LogP) is 5.30. The highest BCUT2D eigenvalue weighted by atomic mass is 32.2. The van der Waals surface area contributed by atoms with Crippen molar-refractivity contribution in [3.8, 4) is 5.75 Å². The van der Waals surface area contributed by atoms with Crippen LogP contribution in [0.4, 0.5) is 5.13 Å². The van der Waals surface area contributed by atoms with Gasteiger partial charge in [0, 0.05) is 56.1 Å². The first-order chi connectivity index (χ1) is 20.0. The van der Waals surface area contributed by atoms with Crippen molar-refractivity contribution in [1.82, 2.24) is 20.1 Å². The maximum absolute atomic E-state index is 13.4. The van der Waals surface area contributed by atoms with Gasteiger partial charge >= 0.3 is 0 Å². The van der Waals surface area contributed by atoms with Gasteiger partial charge in [-0.1, -0.05) is 49.1 Å². The number of piperazine rings is 1. The number of rotatable bonds is 10. The number of methoxy groups -OCH3 is 1. The Morgan fingerprint density at radius 1 is 1.05 bits per heavy atom. The summed E-state index contributed by atoms with van der Waals surface area (Å²) in [5, 5.41) is 6.90. The lowest BCUT2D eigenvalue weighted by molar-refractivity contribution is -0.130. The van der Waals surface area contributed by atoms with E-state index in [0.29, 0.717) is 60.1 Å². The Balaban J connectivity index is 1.40. The molecule has 0 saturated carbocycles. The molecule has 1 aliphatic rings. The summed E-state index contributed by atoms with van der Waals surface area (Å²) in [5.41, 5.74) is 3.14. The van der Waals surface area contributed by atoms with Gasteiger partial charge in [-0.05, 0) is 55.2 Å². The molecule has 1 aliphatic heterocycles. The first-order valence-corrected chi connectivity index (χ1v) is 15.7. The first kappa shape index (κ1) is 31.5. The molecular weight excluding hydrogens is 571 g/mol. The number of hydrogen-bond donors (Lipinski definition) is 2. The highest BCUT2D eigenvalue weighted by Gasteiger charge is 2.26. The van der Waals surface area contributed by atoms with Crippen LogP contribution in [0.3, 0.4) is 0 Å². The SMILES string of the molecule is COc1cc(C)c(Sc2cnc(NC(=O)c3ccc(CN[C@@H](C)C(C)C)cc3)s2)cc1C(=O)N1CCN(C(C)=O)CC1. The van der Waals surface area contributed by atoms with Gasteiger partial charge in [-0.2, -0.15) is 0 Å². The molecular formula is C31H39N5O4S2. The van der Waals surface area contributed by atoms with Crippen molar-refractivity contribution in [1.29, 1.82) is 0 Å². The van der Waals surface area contributed by atoms with Crippen molar-refractivity contribution in [3.05, 3.63) is 64.8 Å². The molecule has 9 nitrogen and oxygen atoms in total. The van der Waals surface area contributed by atoms with Crippen molar-refractivity contribution in [3.63, 3.8) is 0 Å². The van der Waals surface area contributed by atoms with E-state index in [4.69, 9.17) is 4.74 Å². The Kier molecular flexibility index (Phi) is 10.6. The molecule has 4 rings (SSSR count). The van der Waals surface area contributed by atoms with Gasteiger partial charge in [0.2, 0.25) is 5.91 Å². The second-order valence-electron chi connectivity index (χ2n) is 10.8. The summed E-state index contributed by atoms with van der Waals surface area (Å²) in [6.45, 7) is 12.8. The number of nitrogens with zero attached hydrogens (tertiary/aromatic N) is 3. The van der Waals surface area contributed by atoms with Crippen molar-refractivity contribution in [2.24, 2.45) is 5.92 Å². The number of aryl methyl sites for hydroxylation is 1. The van der Waals surface area contributed by atoms with E-state index in [1.807, 2.05) is 43.3 Å². The van der Waals surface area contributed by atoms with Gasteiger partial charge in [0.25, 0.3) is 11.8 Å². The van der Waals surface area contributed by atoms with Crippen LogP contribution in [-0.4, -0.2) is 71.8 Å². The number of anilines is 1. The second-order valence-corrected chi connectivity index (χ2v) is 13.1. The van der Waals surface area contributed by atoms with Crippen LogP contribution in [0.2, 0.25) is 0 Å². The summed E-state index contributed by atoms with van der Waals surface area (Å²) < 4.78 is 6.43. The molecule has 1 atom stereocenters. The van der Waals surface area contributed by atoms with E-state index in [0.717, 1.165) is 26.8 Å². The lowest BCUT2D eigenvalue weighted by Gasteiger charge is -2.34. The number of aromatic nitrogens is 1. The Bertz CT molecular complexity index is 1420. The van der Waals surface area contributed by atoms with Crippen LogP contribution in [0.5, 0.6) is 5.75 Å². The zero-order valence-corrected chi connectivity index (χ0v) is 26.7. The average Bonchev–Trinajstić information content (AvgIpc) is 3.42. The van der Waals surface area contributed by atoms with Crippen LogP contribution >= 0.6 is 23.1 Å². The van der Waals surface area contributed by atoms with E-state index >= 15 is 0 Å². The molecule has 2 N–H and O–H groups in total. The molecule has 2 heterocycles. The molecule has 1 aromatic heterocycles. The maximum Gasteiger partial charge on any atom is 0.257 e. The molecule has 1 saturated heterocycles. The lowest BCUT2D eigenvalue weighted by Crippen LogP contribution is -2.50. The van der Waals surface area contributed by atoms with E-state index in [1.165, 1.54) is 23.1 Å². The minimum Gasteiger partial charge on any atom is -0.496 e. The first-order valence-electron chi connectivity index (χ1n) is 14.1. The summed E-state index contributed by atoms with van der Waals surface area (Å²) >= 11 is 2.87. The topological polar surface area (TPSA) is 104 Å². The number of amides is 3. The highest BCUT2D eigenvalue weighted by Crippen LogP contribution is 2.38. The number of nitrogens with one attached hydrogen (secondary N) is 2. The van der Waals surface area contributed by atoms with Crippen molar-refractivity contribution in [2.75, 3.05) is 38.6 Å². The highest BCUT2D eigenvalue weighted by molar-refractivity contribution is 8.01. The van der Waals surface area contributed by atoms with Gasteiger partial charge < -0.3 is 19.9 Å². The number of hydrogen-bond acceptors (Lipinski definition) is 8. The van der Waals surface area contributed by atoms with Crippen LogP contribution in [0.25, 0.3) is 0 Å². The molecule has 3 amide bonds. The van der Waals surface area contributed by atoms with Crippen LogP contribution in [0, 0.1) is 12.8 Å². The minimum atomic E-state index is -0.214. The van der Waals surface area contributed by atoms with Crippen molar-refractivity contribution < 1.29 is 19.1 Å². The van der Waals surface area contributed by atoms with Crippen molar-refractivity contribution >= 4 is 46.0 Å². The third-order valence-corrected chi connectivity index (χ3v) is 9.67. The molecule has 0 radical (unpaired) electrons. The summed E-state index contributed by atoms with van der Waals surface area (Å²) in [6.07, 6.45) is 1.72. The average molecular weight is 610 g/mol. The maximum atomic E-state index is 13.4.